The molecule has 0 aromatic heterocycles. The predicted octanol–water partition coefficient (Wildman–Crippen LogP) is 2.92. The van der Waals surface area contributed by atoms with Crippen molar-refractivity contribution in [3.05, 3.63) is 28.7 Å². The number of rotatable bonds is 8. The van der Waals surface area contributed by atoms with E-state index in [4.69, 9.17) is 0 Å². The second kappa shape index (κ2) is 9.84. The van der Waals surface area contributed by atoms with Crippen LogP contribution in [0.15, 0.2) is 33.6 Å². The topological polar surface area (TPSA) is 49.4 Å². The minimum Gasteiger partial charge on any atom is -0.355 e. The van der Waals surface area contributed by atoms with Crippen molar-refractivity contribution in [1.82, 2.24) is 10.2 Å². The second-order valence-electron chi connectivity index (χ2n) is 4.39. The number of likely N-dealkylation sites (N-methyl/N-ethyl adjacent to an activating group) is 2. The third-order valence-electron chi connectivity index (χ3n) is 2.85. The molecule has 0 unspecified atom stereocenters. The van der Waals surface area contributed by atoms with E-state index in [1.807, 2.05) is 38.1 Å². The van der Waals surface area contributed by atoms with Crippen LogP contribution in [-0.4, -0.2) is 42.1 Å². The van der Waals surface area contributed by atoms with Gasteiger partial charge >= 0.3 is 0 Å². The molecule has 0 radical (unpaired) electrons. The Bertz CT molecular complexity index is 482. The molecule has 2 amide bonds. The summed E-state index contributed by atoms with van der Waals surface area (Å²) < 4.78 is 1.04. The first kappa shape index (κ1) is 18.0. The van der Waals surface area contributed by atoms with Gasteiger partial charge in [-0.05, 0) is 41.9 Å². The van der Waals surface area contributed by atoms with Gasteiger partial charge in [0.05, 0.1) is 6.54 Å². The van der Waals surface area contributed by atoms with Crippen LogP contribution in [0.2, 0.25) is 0 Å². The largest absolute Gasteiger partial charge is 0.355 e. The number of nitrogens with zero attached hydrogens (tertiary/aromatic N) is 1. The van der Waals surface area contributed by atoms with Crippen molar-refractivity contribution in [3.63, 3.8) is 0 Å². The molecule has 0 saturated carbocycles. The first-order valence-corrected chi connectivity index (χ1v) is 8.78. The molecule has 0 bridgehead atoms. The summed E-state index contributed by atoms with van der Waals surface area (Å²) >= 11 is 5.12. The molecule has 0 aliphatic carbocycles. The van der Waals surface area contributed by atoms with Crippen molar-refractivity contribution < 1.29 is 9.59 Å². The molecule has 116 valence electrons. The van der Waals surface area contributed by atoms with E-state index < -0.39 is 0 Å². The lowest BCUT2D eigenvalue weighted by Crippen LogP contribution is -2.40. The molecule has 4 nitrogen and oxygen atoms in total. The van der Waals surface area contributed by atoms with Gasteiger partial charge in [-0.3, -0.25) is 9.59 Å². The molecule has 1 N–H and O–H groups in total. The Morgan fingerprint density at radius 1 is 1.29 bits per heavy atom. The van der Waals surface area contributed by atoms with Crippen LogP contribution in [-0.2, 0) is 9.59 Å². The molecule has 1 aromatic rings. The predicted molar refractivity (Wildman–Crippen MR) is 90.4 cm³/mol. The van der Waals surface area contributed by atoms with Gasteiger partial charge in [0.15, 0.2) is 0 Å². The van der Waals surface area contributed by atoms with Crippen LogP contribution in [0.3, 0.4) is 0 Å². The molecule has 0 atom stereocenters. The zero-order chi connectivity index (χ0) is 15.7. The first-order chi connectivity index (χ1) is 10.1. The Labute approximate surface area is 138 Å². The van der Waals surface area contributed by atoms with Gasteiger partial charge in [0.1, 0.15) is 0 Å². The summed E-state index contributed by atoms with van der Waals surface area (Å²) in [5, 5.41) is 2.71. The summed E-state index contributed by atoms with van der Waals surface area (Å²) in [5.41, 5.74) is 0. The lowest BCUT2D eigenvalue weighted by molar-refractivity contribution is -0.135. The number of amides is 2. The summed E-state index contributed by atoms with van der Waals surface area (Å²) in [4.78, 5) is 26.4. The van der Waals surface area contributed by atoms with E-state index in [2.05, 4.69) is 21.2 Å². The van der Waals surface area contributed by atoms with Crippen molar-refractivity contribution in [2.75, 3.05) is 25.4 Å². The highest BCUT2D eigenvalue weighted by Crippen LogP contribution is 2.27. The van der Waals surface area contributed by atoms with E-state index in [9.17, 15) is 9.59 Å². The zero-order valence-electron chi connectivity index (χ0n) is 12.4. The third kappa shape index (κ3) is 6.52. The fourth-order valence-electron chi connectivity index (χ4n) is 1.77. The van der Waals surface area contributed by atoms with E-state index in [1.165, 1.54) is 0 Å². The monoisotopic (exact) mass is 372 g/mol. The number of hydrogen-bond donors (Lipinski definition) is 1. The molecular formula is C15H21BrN2O2S. The fraction of sp³-hybridized carbons (Fsp3) is 0.467. The van der Waals surface area contributed by atoms with Crippen LogP contribution >= 0.6 is 27.7 Å². The SMILES string of the molecule is CCNC(=O)CN(CC)C(=O)CCSc1ccccc1Br. The molecule has 6 heteroatoms. The molecule has 0 aliphatic rings. The highest BCUT2D eigenvalue weighted by molar-refractivity contribution is 9.10. The zero-order valence-corrected chi connectivity index (χ0v) is 14.8. The van der Waals surface area contributed by atoms with Crippen LogP contribution in [0.1, 0.15) is 20.3 Å². The Kier molecular flexibility index (Phi) is 8.45. The van der Waals surface area contributed by atoms with E-state index in [0.717, 1.165) is 9.37 Å². The van der Waals surface area contributed by atoms with Crippen molar-refractivity contribution in [3.8, 4) is 0 Å². The molecule has 0 saturated heterocycles. The van der Waals surface area contributed by atoms with Gasteiger partial charge in [0.25, 0.3) is 0 Å². The minimum atomic E-state index is -0.105. The lowest BCUT2D eigenvalue weighted by atomic mass is 10.3. The van der Waals surface area contributed by atoms with Crippen LogP contribution in [0.5, 0.6) is 0 Å². The van der Waals surface area contributed by atoms with Gasteiger partial charge in [0, 0.05) is 34.6 Å². The van der Waals surface area contributed by atoms with Gasteiger partial charge in [0.2, 0.25) is 11.8 Å². The van der Waals surface area contributed by atoms with E-state index in [-0.39, 0.29) is 18.4 Å². The Balaban J connectivity index is 2.41. The number of carbonyl (C=O) groups is 2. The van der Waals surface area contributed by atoms with Crippen molar-refractivity contribution in [2.45, 2.75) is 25.2 Å². The maximum atomic E-state index is 12.1. The molecule has 1 rings (SSSR count). The summed E-state index contributed by atoms with van der Waals surface area (Å²) in [6.07, 6.45) is 0.430. The van der Waals surface area contributed by atoms with Crippen LogP contribution in [0.4, 0.5) is 0 Å². The summed E-state index contributed by atoms with van der Waals surface area (Å²) in [6.45, 7) is 5.03. The van der Waals surface area contributed by atoms with E-state index >= 15 is 0 Å². The highest BCUT2D eigenvalue weighted by atomic mass is 79.9. The Hall–Kier alpha value is -1.01. The van der Waals surface area contributed by atoms with Gasteiger partial charge in [-0.25, -0.2) is 0 Å². The Morgan fingerprint density at radius 2 is 2.00 bits per heavy atom. The average molecular weight is 373 g/mol. The number of thioether (sulfide) groups is 1. The van der Waals surface area contributed by atoms with Crippen LogP contribution in [0.25, 0.3) is 0 Å². The summed E-state index contributed by atoms with van der Waals surface area (Å²) in [7, 11) is 0. The molecule has 21 heavy (non-hydrogen) atoms. The van der Waals surface area contributed by atoms with Gasteiger partial charge in [-0.15, -0.1) is 11.8 Å². The normalized spacial score (nSPS) is 10.2. The number of benzene rings is 1. The standard InChI is InChI=1S/C15H21BrN2O2S/c1-3-17-14(19)11-18(4-2)15(20)9-10-21-13-8-6-5-7-12(13)16/h5-8H,3-4,9-11H2,1-2H3,(H,17,19). The number of halogens is 1. The minimum absolute atomic E-state index is 0.0170. The summed E-state index contributed by atoms with van der Waals surface area (Å²) in [5.74, 6) is 0.613. The molecule has 0 heterocycles. The molecule has 0 fully saturated rings. The van der Waals surface area contributed by atoms with Crippen molar-refractivity contribution in [1.29, 1.82) is 0 Å². The lowest BCUT2D eigenvalue weighted by Gasteiger charge is -2.20. The van der Waals surface area contributed by atoms with Gasteiger partial charge < -0.3 is 10.2 Å². The first-order valence-electron chi connectivity index (χ1n) is 7.00. The summed E-state index contributed by atoms with van der Waals surface area (Å²) in [6, 6.07) is 7.94. The molecule has 0 aliphatic heterocycles. The van der Waals surface area contributed by atoms with Crippen molar-refractivity contribution in [2.24, 2.45) is 0 Å². The van der Waals surface area contributed by atoms with Gasteiger partial charge in [-0.2, -0.15) is 0 Å². The molecule has 1 aromatic carbocycles. The van der Waals surface area contributed by atoms with Gasteiger partial charge in [-0.1, -0.05) is 12.1 Å². The maximum Gasteiger partial charge on any atom is 0.239 e. The smallest absolute Gasteiger partial charge is 0.239 e. The van der Waals surface area contributed by atoms with Crippen molar-refractivity contribution >= 4 is 39.5 Å². The van der Waals surface area contributed by atoms with Crippen LogP contribution < -0.4 is 5.32 Å². The van der Waals surface area contributed by atoms with E-state index in [1.54, 1.807) is 16.7 Å². The number of hydrogen-bond acceptors (Lipinski definition) is 3. The maximum absolute atomic E-state index is 12.1. The number of carbonyl (C=O) groups excluding carboxylic acids is 2. The quantitative estimate of drug-likeness (QED) is 0.713. The second-order valence-corrected chi connectivity index (χ2v) is 6.38. The van der Waals surface area contributed by atoms with E-state index in [0.29, 0.717) is 25.3 Å². The molecular weight excluding hydrogens is 352 g/mol. The Morgan fingerprint density at radius 3 is 2.62 bits per heavy atom. The average Bonchev–Trinajstić information content (AvgIpc) is 2.47. The third-order valence-corrected chi connectivity index (χ3v) is 4.88. The highest BCUT2D eigenvalue weighted by Gasteiger charge is 2.15. The fourth-order valence-corrected chi connectivity index (χ4v) is 3.28. The molecule has 0 spiro atoms. The van der Waals surface area contributed by atoms with Crippen LogP contribution in [0, 0.1) is 0 Å². The number of nitrogens with one attached hydrogen (secondary N) is 1.